The number of fused-ring (bicyclic) bond motifs is 1. The van der Waals surface area contributed by atoms with E-state index >= 15 is 0 Å². The lowest BCUT2D eigenvalue weighted by atomic mass is 9.79. The molecule has 0 atom stereocenters. The summed E-state index contributed by atoms with van der Waals surface area (Å²) in [7, 11) is 0. The SMILES string of the molecule is CCCCC1CCC(C(=O)NCCc2cn3ccccc3n2)CC1. The quantitative estimate of drug-likeness (QED) is 0.836. The van der Waals surface area contributed by atoms with Gasteiger partial charge in [-0.15, -0.1) is 0 Å². The third-order valence-corrected chi connectivity index (χ3v) is 5.28. The number of carbonyl (C=O) groups excluding carboxylic acids is 1. The van der Waals surface area contributed by atoms with Crippen LogP contribution in [0.5, 0.6) is 0 Å². The molecule has 0 spiro atoms. The molecule has 24 heavy (non-hydrogen) atoms. The number of unbranched alkanes of at least 4 members (excludes halogenated alkanes) is 1. The van der Waals surface area contributed by atoms with Crippen molar-refractivity contribution < 1.29 is 4.79 Å². The van der Waals surface area contributed by atoms with Gasteiger partial charge in [0.1, 0.15) is 5.65 Å². The Morgan fingerprint density at radius 1 is 1.29 bits per heavy atom. The first-order chi connectivity index (χ1) is 11.8. The Kier molecular flexibility index (Phi) is 5.89. The summed E-state index contributed by atoms with van der Waals surface area (Å²) >= 11 is 0. The van der Waals surface area contributed by atoms with E-state index in [0.29, 0.717) is 6.54 Å². The molecule has 1 aliphatic carbocycles. The number of nitrogens with zero attached hydrogens (tertiary/aromatic N) is 2. The molecule has 1 aliphatic rings. The topological polar surface area (TPSA) is 46.4 Å². The van der Waals surface area contributed by atoms with Crippen molar-refractivity contribution in [3.63, 3.8) is 0 Å². The van der Waals surface area contributed by atoms with E-state index in [1.807, 2.05) is 35.0 Å². The molecule has 2 aromatic rings. The van der Waals surface area contributed by atoms with Gasteiger partial charge in [0.05, 0.1) is 5.69 Å². The number of aromatic nitrogens is 2. The summed E-state index contributed by atoms with van der Waals surface area (Å²) < 4.78 is 2.02. The van der Waals surface area contributed by atoms with Gasteiger partial charge in [-0.2, -0.15) is 0 Å². The van der Waals surface area contributed by atoms with Gasteiger partial charge in [0.2, 0.25) is 5.91 Å². The van der Waals surface area contributed by atoms with Gasteiger partial charge in [0.25, 0.3) is 0 Å². The van der Waals surface area contributed by atoms with Crippen molar-refractivity contribution in [2.45, 2.75) is 58.3 Å². The Balaban J connectivity index is 1.40. The van der Waals surface area contributed by atoms with E-state index in [1.54, 1.807) is 0 Å². The lowest BCUT2D eigenvalue weighted by Crippen LogP contribution is -2.34. The first-order valence-corrected chi connectivity index (χ1v) is 9.46. The fraction of sp³-hybridized carbons (Fsp3) is 0.600. The highest BCUT2D eigenvalue weighted by Gasteiger charge is 2.25. The molecule has 1 N–H and O–H groups in total. The second-order valence-electron chi connectivity index (χ2n) is 7.10. The summed E-state index contributed by atoms with van der Waals surface area (Å²) in [6.45, 7) is 2.93. The normalized spacial score (nSPS) is 21.0. The first kappa shape index (κ1) is 17.0. The minimum Gasteiger partial charge on any atom is -0.355 e. The number of hydrogen-bond acceptors (Lipinski definition) is 2. The molecule has 4 nitrogen and oxygen atoms in total. The highest BCUT2D eigenvalue weighted by atomic mass is 16.1. The summed E-state index contributed by atoms with van der Waals surface area (Å²) in [6.07, 6.45) is 13.4. The van der Waals surface area contributed by atoms with Gasteiger partial charge >= 0.3 is 0 Å². The highest BCUT2D eigenvalue weighted by Crippen LogP contribution is 2.31. The van der Waals surface area contributed by atoms with Crippen LogP contribution in [0.2, 0.25) is 0 Å². The van der Waals surface area contributed by atoms with Gasteiger partial charge < -0.3 is 9.72 Å². The third kappa shape index (κ3) is 4.37. The zero-order valence-corrected chi connectivity index (χ0v) is 14.7. The van der Waals surface area contributed by atoms with Gasteiger partial charge in [-0.1, -0.05) is 32.3 Å². The fourth-order valence-corrected chi connectivity index (χ4v) is 3.77. The predicted molar refractivity (Wildman–Crippen MR) is 96.9 cm³/mol. The number of pyridine rings is 1. The molecule has 130 valence electrons. The van der Waals surface area contributed by atoms with Crippen LogP contribution >= 0.6 is 0 Å². The number of rotatable bonds is 7. The summed E-state index contributed by atoms with van der Waals surface area (Å²) in [5.41, 5.74) is 1.99. The smallest absolute Gasteiger partial charge is 0.223 e. The van der Waals surface area contributed by atoms with Crippen molar-refractivity contribution >= 4 is 11.6 Å². The molecule has 1 amide bonds. The number of amides is 1. The molecule has 2 aromatic heterocycles. The van der Waals surface area contributed by atoms with E-state index in [4.69, 9.17) is 0 Å². The number of nitrogens with one attached hydrogen (secondary N) is 1. The molecule has 4 heteroatoms. The van der Waals surface area contributed by atoms with E-state index in [9.17, 15) is 4.79 Å². The van der Waals surface area contributed by atoms with Crippen LogP contribution in [0.3, 0.4) is 0 Å². The van der Waals surface area contributed by atoms with Gasteiger partial charge in [0, 0.05) is 31.3 Å². The lowest BCUT2D eigenvalue weighted by molar-refractivity contribution is -0.126. The molecule has 2 heterocycles. The maximum Gasteiger partial charge on any atom is 0.223 e. The number of imidazole rings is 1. The zero-order valence-electron chi connectivity index (χ0n) is 14.7. The van der Waals surface area contributed by atoms with E-state index in [1.165, 1.54) is 32.1 Å². The van der Waals surface area contributed by atoms with E-state index < -0.39 is 0 Å². The van der Waals surface area contributed by atoms with Crippen LogP contribution in [-0.4, -0.2) is 21.8 Å². The summed E-state index contributed by atoms with van der Waals surface area (Å²) in [5.74, 6) is 1.32. The van der Waals surface area contributed by atoms with Crippen LogP contribution in [0.25, 0.3) is 5.65 Å². The minimum atomic E-state index is 0.226. The molecular formula is C20H29N3O. The molecular weight excluding hydrogens is 298 g/mol. The van der Waals surface area contributed by atoms with Crippen molar-refractivity contribution in [3.8, 4) is 0 Å². The second-order valence-corrected chi connectivity index (χ2v) is 7.10. The number of carbonyl (C=O) groups is 1. The van der Waals surface area contributed by atoms with Gasteiger partial charge in [-0.05, 0) is 43.7 Å². The fourth-order valence-electron chi connectivity index (χ4n) is 3.77. The first-order valence-electron chi connectivity index (χ1n) is 9.46. The van der Waals surface area contributed by atoms with Crippen molar-refractivity contribution in [3.05, 3.63) is 36.3 Å². The standard InChI is InChI=1S/C20H29N3O/c1-2-3-6-16-8-10-17(11-9-16)20(24)21-13-12-18-15-23-14-5-4-7-19(23)22-18/h4-5,7,14-17H,2-3,6,8-13H2,1H3,(H,21,24). The van der Waals surface area contributed by atoms with Crippen LogP contribution in [0.15, 0.2) is 30.6 Å². The molecule has 1 saturated carbocycles. The molecule has 0 aliphatic heterocycles. The molecule has 1 fully saturated rings. The van der Waals surface area contributed by atoms with E-state index in [2.05, 4.69) is 17.2 Å². The predicted octanol–water partition coefficient (Wildman–Crippen LogP) is 3.99. The molecule has 0 bridgehead atoms. The Bertz CT molecular complexity index is 623. The zero-order chi connectivity index (χ0) is 16.8. The van der Waals surface area contributed by atoms with E-state index in [0.717, 1.165) is 36.5 Å². The summed E-state index contributed by atoms with van der Waals surface area (Å²) in [4.78, 5) is 16.9. The summed E-state index contributed by atoms with van der Waals surface area (Å²) in [5, 5.41) is 3.12. The molecule has 0 radical (unpaired) electrons. The Labute approximate surface area is 144 Å². The second kappa shape index (κ2) is 8.32. The molecule has 0 unspecified atom stereocenters. The van der Waals surface area contributed by atoms with Crippen LogP contribution in [0.4, 0.5) is 0 Å². The Hall–Kier alpha value is -1.84. The van der Waals surface area contributed by atoms with Crippen molar-refractivity contribution in [2.75, 3.05) is 6.54 Å². The van der Waals surface area contributed by atoms with E-state index in [-0.39, 0.29) is 11.8 Å². The minimum absolute atomic E-state index is 0.226. The number of hydrogen-bond donors (Lipinski definition) is 1. The van der Waals surface area contributed by atoms with Gasteiger partial charge in [-0.3, -0.25) is 4.79 Å². The van der Waals surface area contributed by atoms with Crippen LogP contribution in [0, 0.1) is 11.8 Å². The highest BCUT2D eigenvalue weighted by molar-refractivity contribution is 5.78. The molecule has 3 rings (SSSR count). The van der Waals surface area contributed by atoms with Crippen LogP contribution in [-0.2, 0) is 11.2 Å². The van der Waals surface area contributed by atoms with Gasteiger partial charge in [-0.25, -0.2) is 4.98 Å². The monoisotopic (exact) mass is 327 g/mol. The van der Waals surface area contributed by atoms with Crippen molar-refractivity contribution in [2.24, 2.45) is 11.8 Å². The Morgan fingerprint density at radius 2 is 2.12 bits per heavy atom. The third-order valence-electron chi connectivity index (χ3n) is 5.28. The van der Waals surface area contributed by atoms with Crippen molar-refractivity contribution in [1.82, 2.24) is 14.7 Å². The lowest BCUT2D eigenvalue weighted by Gasteiger charge is -2.27. The molecule has 0 aromatic carbocycles. The van der Waals surface area contributed by atoms with Crippen LogP contribution < -0.4 is 5.32 Å². The van der Waals surface area contributed by atoms with Gasteiger partial charge in [0.15, 0.2) is 0 Å². The largest absolute Gasteiger partial charge is 0.355 e. The maximum atomic E-state index is 12.3. The maximum absolute atomic E-state index is 12.3. The van der Waals surface area contributed by atoms with Crippen molar-refractivity contribution in [1.29, 1.82) is 0 Å². The van der Waals surface area contributed by atoms with Crippen LogP contribution in [0.1, 0.15) is 57.6 Å². The average molecular weight is 327 g/mol. The molecule has 0 saturated heterocycles. The summed E-state index contributed by atoms with van der Waals surface area (Å²) in [6, 6.07) is 5.99. The Morgan fingerprint density at radius 3 is 2.88 bits per heavy atom. The average Bonchev–Trinajstić information content (AvgIpc) is 3.03.